The highest BCUT2D eigenvalue weighted by atomic mass is 16.5. The van der Waals surface area contributed by atoms with Crippen molar-refractivity contribution >= 4 is 0 Å². The van der Waals surface area contributed by atoms with Gasteiger partial charge in [-0.1, -0.05) is 12.1 Å². The first-order valence-corrected chi connectivity index (χ1v) is 10.4. The molecule has 5 aliphatic rings. The molecule has 3 aliphatic carbocycles. The number of phenolic OH excluding ortho intramolecular Hbond substituents is 1. The number of benzene rings is 1. The Labute approximate surface area is 159 Å². The highest BCUT2D eigenvalue weighted by Gasteiger charge is 2.72. The first-order chi connectivity index (χ1) is 13.1. The average molecular weight is 369 g/mol. The normalized spacial score (nSPS) is 40.7. The molecule has 1 aromatic rings. The maximum atomic E-state index is 12.2. The first kappa shape index (κ1) is 16.4. The third-order valence-corrected chi connectivity index (χ3v) is 8.00. The fourth-order valence-corrected chi connectivity index (χ4v) is 6.66. The van der Waals surface area contributed by atoms with Crippen molar-refractivity contribution in [1.82, 2.24) is 4.90 Å². The van der Waals surface area contributed by atoms with E-state index < -0.39 is 11.0 Å². The SMILES string of the molecule is OC/C=C1\CC[C@@]2(O)[C@H]3Cc4ccc(O)c5c4[C@@]2(CCN3CC2CC2)C1O5. The molecule has 5 heteroatoms. The molecule has 6 rings (SSSR count). The van der Waals surface area contributed by atoms with Crippen LogP contribution in [0.1, 0.15) is 43.2 Å². The number of hydrogen-bond acceptors (Lipinski definition) is 5. The van der Waals surface area contributed by atoms with Crippen molar-refractivity contribution in [3.8, 4) is 11.5 Å². The second-order valence-electron chi connectivity index (χ2n) is 9.21. The summed E-state index contributed by atoms with van der Waals surface area (Å²) < 4.78 is 6.36. The van der Waals surface area contributed by atoms with Gasteiger partial charge in [-0.15, -0.1) is 0 Å². The Morgan fingerprint density at radius 2 is 2.11 bits per heavy atom. The molecule has 1 saturated heterocycles. The second kappa shape index (κ2) is 5.28. The van der Waals surface area contributed by atoms with Crippen LogP contribution in [0.2, 0.25) is 0 Å². The zero-order valence-corrected chi connectivity index (χ0v) is 15.5. The van der Waals surface area contributed by atoms with Crippen LogP contribution < -0.4 is 4.74 Å². The van der Waals surface area contributed by atoms with E-state index in [4.69, 9.17) is 4.74 Å². The summed E-state index contributed by atoms with van der Waals surface area (Å²) in [5.41, 5.74) is 1.98. The second-order valence-corrected chi connectivity index (χ2v) is 9.21. The number of aliphatic hydroxyl groups is 2. The largest absolute Gasteiger partial charge is 0.504 e. The van der Waals surface area contributed by atoms with Crippen molar-refractivity contribution in [2.75, 3.05) is 19.7 Å². The lowest BCUT2D eigenvalue weighted by Crippen LogP contribution is -2.75. The highest BCUT2D eigenvalue weighted by molar-refractivity contribution is 5.64. The van der Waals surface area contributed by atoms with Crippen LogP contribution in [0.3, 0.4) is 0 Å². The number of aromatic hydroxyl groups is 1. The smallest absolute Gasteiger partial charge is 0.166 e. The molecule has 0 amide bonds. The van der Waals surface area contributed by atoms with Crippen molar-refractivity contribution in [2.24, 2.45) is 5.92 Å². The van der Waals surface area contributed by atoms with Gasteiger partial charge in [-0.2, -0.15) is 0 Å². The van der Waals surface area contributed by atoms with Crippen molar-refractivity contribution < 1.29 is 20.1 Å². The van der Waals surface area contributed by atoms with Gasteiger partial charge in [0.2, 0.25) is 0 Å². The minimum atomic E-state index is -0.844. The molecule has 144 valence electrons. The Kier molecular flexibility index (Phi) is 3.21. The molecule has 4 atom stereocenters. The summed E-state index contributed by atoms with van der Waals surface area (Å²) in [6.07, 6.45) is 7.29. The maximum Gasteiger partial charge on any atom is 0.166 e. The van der Waals surface area contributed by atoms with Gasteiger partial charge < -0.3 is 20.1 Å². The molecular formula is C22H27NO4. The number of phenols is 1. The van der Waals surface area contributed by atoms with E-state index >= 15 is 0 Å². The summed E-state index contributed by atoms with van der Waals surface area (Å²) in [6.45, 7) is 2.04. The van der Waals surface area contributed by atoms with Gasteiger partial charge in [0.05, 0.1) is 17.6 Å². The fourth-order valence-electron chi connectivity index (χ4n) is 6.66. The summed E-state index contributed by atoms with van der Waals surface area (Å²) in [4.78, 5) is 2.54. The van der Waals surface area contributed by atoms with Crippen LogP contribution in [0.15, 0.2) is 23.8 Å². The molecule has 0 radical (unpaired) electrons. The number of ether oxygens (including phenoxy) is 1. The molecule has 1 aromatic carbocycles. The van der Waals surface area contributed by atoms with Gasteiger partial charge in [-0.3, -0.25) is 4.90 Å². The number of aliphatic hydroxyl groups excluding tert-OH is 1. The Morgan fingerprint density at radius 1 is 1.26 bits per heavy atom. The molecule has 2 bridgehead atoms. The molecule has 2 heterocycles. The monoisotopic (exact) mass is 369 g/mol. The standard InChI is InChI=1S/C22H27NO4/c24-10-6-14-5-7-22(26)17-11-15-3-4-16(25)19-18(15)21(22,20(14)27-19)8-9-23(17)12-13-1-2-13/h3-4,6,13,17,20,24-26H,1-2,5,7-12H2/b14-6+/t17-,20?,21+,22-/m1/s1. The first-order valence-electron chi connectivity index (χ1n) is 10.4. The van der Waals surface area contributed by atoms with Crippen LogP contribution in [0.25, 0.3) is 0 Å². The van der Waals surface area contributed by atoms with E-state index in [1.165, 1.54) is 18.4 Å². The van der Waals surface area contributed by atoms with E-state index in [0.29, 0.717) is 12.2 Å². The van der Waals surface area contributed by atoms with Gasteiger partial charge in [-0.05, 0) is 68.2 Å². The Morgan fingerprint density at radius 3 is 2.89 bits per heavy atom. The van der Waals surface area contributed by atoms with Gasteiger partial charge in [0, 0.05) is 18.2 Å². The number of piperidine rings is 1. The van der Waals surface area contributed by atoms with Crippen LogP contribution in [0.4, 0.5) is 0 Å². The highest BCUT2D eigenvalue weighted by Crippen LogP contribution is 2.66. The van der Waals surface area contributed by atoms with Crippen LogP contribution in [-0.4, -0.2) is 57.7 Å². The van der Waals surface area contributed by atoms with E-state index in [2.05, 4.69) is 4.90 Å². The fraction of sp³-hybridized carbons (Fsp3) is 0.636. The summed E-state index contributed by atoms with van der Waals surface area (Å²) in [6, 6.07) is 3.87. The molecule has 3 N–H and O–H groups in total. The van der Waals surface area contributed by atoms with E-state index in [1.54, 1.807) is 6.07 Å². The number of likely N-dealkylation sites (tertiary alicyclic amines) is 1. The van der Waals surface area contributed by atoms with Crippen LogP contribution >= 0.6 is 0 Å². The van der Waals surface area contributed by atoms with Gasteiger partial charge in [0.1, 0.15) is 6.10 Å². The summed E-state index contributed by atoms with van der Waals surface area (Å²) >= 11 is 0. The van der Waals surface area contributed by atoms with Gasteiger partial charge in [0.25, 0.3) is 0 Å². The number of rotatable bonds is 3. The third kappa shape index (κ3) is 1.90. The van der Waals surface area contributed by atoms with Gasteiger partial charge in [-0.25, -0.2) is 0 Å². The predicted molar refractivity (Wildman–Crippen MR) is 100.0 cm³/mol. The Bertz CT molecular complexity index is 847. The number of nitrogens with zero attached hydrogens (tertiary/aromatic N) is 1. The summed E-state index contributed by atoms with van der Waals surface area (Å²) in [5, 5.41) is 32.2. The van der Waals surface area contributed by atoms with Crippen molar-refractivity contribution in [2.45, 2.75) is 61.7 Å². The van der Waals surface area contributed by atoms with Crippen LogP contribution in [0.5, 0.6) is 11.5 Å². The molecule has 3 fully saturated rings. The molecule has 2 saturated carbocycles. The van der Waals surface area contributed by atoms with E-state index in [9.17, 15) is 15.3 Å². The maximum absolute atomic E-state index is 12.2. The minimum absolute atomic E-state index is 0.0177. The Hall–Kier alpha value is -1.56. The zero-order chi connectivity index (χ0) is 18.4. The van der Waals surface area contributed by atoms with E-state index in [-0.39, 0.29) is 24.5 Å². The zero-order valence-electron chi connectivity index (χ0n) is 15.5. The summed E-state index contributed by atoms with van der Waals surface area (Å²) in [7, 11) is 0. The van der Waals surface area contributed by atoms with E-state index in [0.717, 1.165) is 49.4 Å². The predicted octanol–water partition coefficient (Wildman–Crippen LogP) is 1.87. The molecule has 2 aliphatic heterocycles. The third-order valence-electron chi connectivity index (χ3n) is 8.00. The Balaban J connectivity index is 1.56. The average Bonchev–Trinajstić information content (AvgIpc) is 3.39. The molecule has 1 unspecified atom stereocenters. The van der Waals surface area contributed by atoms with Crippen molar-refractivity contribution in [3.05, 3.63) is 34.9 Å². The topological polar surface area (TPSA) is 73.2 Å². The summed E-state index contributed by atoms with van der Waals surface area (Å²) in [5.74, 6) is 1.53. The molecular weight excluding hydrogens is 342 g/mol. The molecule has 0 aromatic heterocycles. The van der Waals surface area contributed by atoms with Crippen LogP contribution in [-0.2, 0) is 11.8 Å². The lowest BCUT2D eigenvalue weighted by Gasteiger charge is -2.63. The van der Waals surface area contributed by atoms with Gasteiger partial charge >= 0.3 is 0 Å². The van der Waals surface area contributed by atoms with Crippen LogP contribution in [0, 0.1) is 5.92 Å². The molecule has 1 spiro atoms. The molecule has 5 nitrogen and oxygen atoms in total. The van der Waals surface area contributed by atoms with Gasteiger partial charge in [0.15, 0.2) is 11.5 Å². The quantitative estimate of drug-likeness (QED) is 0.710. The van der Waals surface area contributed by atoms with Crippen molar-refractivity contribution in [1.29, 1.82) is 0 Å². The minimum Gasteiger partial charge on any atom is -0.504 e. The van der Waals surface area contributed by atoms with Crippen molar-refractivity contribution in [3.63, 3.8) is 0 Å². The van der Waals surface area contributed by atoms with E-state index in [1.807, 2.05) is 12.1 Å². The lowest BCUT2D eigenvalue weighted by molar-refractivity contribution is -0.174. The molecule has 27 heavy (non-hydrogen) atoms. The lowest BCUT2D eigenvalue weighted by atomic mass is 9.48. The number of hydrogen-bond donors (Lipinski definition) is 3.